The Labute approximate surface area is 146 Å². The van der Waals surface area contributed by atoms with Gasteiger partial charge in [0, 0.05) is 18.7 Å². The zero-order valence-corrected chi connectivity index (χ0v) is 14.3. The van der Waals surface area contributed by atoms with Crippen LogP contribution in [0.5, 0.6) is 5.75 Å². The average molecular weight is 340 g/mol. The van der Waals surface area contributed by atoms with Crippen LogP contribution in [-0.4, -0.2) is 24.0 Å². The van der Waals surface area contributed by atoms with Crippen molar-refractivity contribution in [3.63, 3.8) is 0 Å². The summed E-state index contributed by atoms with van der Waals surface area (Å²) < 4.78 is 5.64. The number of anilines is 1. The van der Waals surface area contributed by atoms with Crippen molar-refractivity contribution in [2.75, 3.05) is 18.1 Å². The van der Waals surface area contributed by atoms with Crippen LogP contribution in [0.15, 0.2) is 42.5 Å². The summed E-state index contributed by atoms with van der Waals surface area (Å²) in [5.74, 6) is 0.831. The Bertz CT molecular complexity index is 817. The predicted molar refractivity (Wildman–Crippen MR) is 95.2 cm³/mol. The molecule has 0 N–H and O–H groups in total. The van der Waals surface area contributed by atoms with Gasteiger partial charge in [-0.3, -0.25) is 14.9 Å². The maximum Gasteiger partial charge on any atom is 0.271 e. The van der Waals surface area contributed by atoms with Gasteiger partial charge in [0.15, 0.2) is 6.61 Å². The summed E-state index contributed by atoms with van der Waals surface area (Å²) >= 11 is 0. The highest BCUT2D eigenvalue weighted by Gasteiger charge is 2.27. The topological polar surface area (TPSA) is 72.7 Å². The molecule has 25 heavy (non-hydrogen) atoms. The van der Waals surface area contributed by atoms with Crippen LogP contribution in [0.4, 0.5) is 11.4 Å². The summed E-state index contributed by atoms with van der Waals surface area (Å²) in [5, 5.41) is 11.0. The van der Waals surface area contributed by atoms with Gasteiger partial charge in [-0.25, -0.2) is 0 Å². The maximum atomic E-state index is 12.5. The third-order valence-corrected chi connectivity index (χ3v) is 4.36. The lowest BCUT2D eigenvalue weighted by atomic mass is 10.0. The van der Waals surface area contributed by atoms with E-state index in [0.717, 1.165) is 11.1 Å². The molecule has 0 unspecified atom stereocenters. The van der Waals surface area contributed by atoms with Gasteiger partial charge in [-0.15, -0.1) is 0 Å². The van der Waals surface area contributed by atoms with E-state index in [2.05, 4.69) is 13.8 Å². The molecule has 2 aromatic carbocycles. The molecule has 3 rings (SSSR count). The average Bonchev–Trinajstić information content (AvgIpc) is 3.03. The summed E-state index contributed by atoms with van der Waals surface area (Å²) in [6.45, 7) is 4.62. The highest BCUT2D eigenvalue weighted by atomic mass is 16.6. The van der Waals surface area contributed by atoms with Gasteiger partial charge in [0.25, 0.3) is 11.6 Å². The fourth-order valence-corrected chi connectivity index (χ4v) is 2.93. The zero-order chi connectivity index (χ0) is 18.0. The summed E-state index contributed by atoms with van der Waals surface area (Å²) in [4.78, 5) is 24.6. The smallest absolute Gasteiger partial charge is 0.271 e. The molecule has 1 amide bonds. The normalized spacial score (nSPS) is 13.0. The monoisotopic (exact) mass is 340 g/mol. The molecular weight excluding hydrogens is 320 g/mol. The van der Waals surface area contributed by atoms with Crippen molar-refractivity contribution in [3.05, 3.63) is 63.7 Å². The molecule has 2 aromatic rings. The number of non-ortho nitro benzene ring substituents is 1. The number of rotatable bonds is 5. The maximum absolute atomic E-state index is 12.5. The third-order valence-electron chi connectivity index (χ3n) is 4.36. The van der Waals surface area contributed by atoms with Gasteiger partial charge < -0.3 is 9.64 Å². The van der Waals surface area contributed by atoms with Crippen molar-refractivity contribution in [3.8, 4) is 5.75 Å². The first-order valence-electron chi connectivity index (χ1n) is 8.26. The molecule has 0 aliphatic carbocycles. The largest absolute Gasteiger partial charge is 0.484 e. The van der Waals surface area contributed by atoms with Crippen LogP contribution in [0.3, 0.4) is 0 Å². The molecule has 1 aliphatic heterocycles. The number of hydrogen-bond acceptors (Lipinski definition) is 4. The number of benzene rings is 2. The lowest BCUT2D eigenvalue weighted by Gasteiger charge is -2.18. The number of ether oxygens (including phenoxy) is 1. The molecule has 6 heteroatoms. The minimum absolute atomic E-state index is 0.0102. The molecule has 0 radical (unpaired) electrons. The minimum atomic E-state index is -0.449. The lowest BCUT2D eigenvalue weighted by Crippen LogP contribution is -2.33. The Balaban J connectivity index is 1.70. The second kappa shape index (κ2) is 6.93. The Morgan fingerprint density at radius 3 is 2.80 bits per heavy atom. The van der Waals surface area contributed by atoms with Crippen molar-refractivity contribution >= 4 is 17.3 Å². The molecule has 0 spiro atoms. The quantitative estimate of drug-likeness (QED) is 0.615. The van der Waals surface area contributed by atoms with Gasteiger partial charge >= 0.3 is 0 Å². The summed E-state index contributed by atoms with van der Waals surface area (Å²) in [5.41, 5.74) is 2.69. The molecule has 130 valence electrons. The van der Waals surface area contributed by atoms with Gasteiger partial charge in [-0.1, -0.05) is 32.0 Å². The van der Waals surface area contributed by atoms with E-state index >= 15 is 0 Å². The van der Waals surface area contributed by atoms with E-state index in [-0.39, 0.29) is 18.2 Å². The van der Waals surface area contributed by atoms with E-state index in [1.54, 1.807) is 11.0 Å². The molecule has 0 saturated carbocycles. The molecule has 0 atom stereocenters. The van der Waals surface area contributed by atoms with Crippen LogP contribution in [0.25, 0.3) is 0 Å². The van der Waals surface area contributed by atoms with E-state index in [1.165, 1.54) is 12.1 Å². The van der Waals surface area contributed by atoms with Crippen LogP contribution < -0.4 is 9.64 Å². The van der Waals surface area contributed by atoms with E-state index in [9.17, 15) is 14.9 Å². The van der Waals surface area contributed by atoms with Crippen molar-refractivity contribution < 1.29 is 14.5 Å². The number of carbonyl (C=O) groups excluding carboxylic acids is 1. The number of nitro benzene ring substituents is 1. The molecule has 0 fully saturated rings. The first-order valence-corrected chi connectivity index (χ1v) is 8.26. The summed E-state index contributed by atoms with van der Waals surface area (Å²) in [6.07, 6.45) is 0.696. The second-order valence-corrected chi connectivity index (χ2v) is 6.38. The van der Waals surface area contributed by atoms with Crippen LogP contribution in [0, 0.1) is 10.1 Å². The zero-order valence-electron chi connectivity index (χ0n) is 14.3. The minimum Gasteiger partial charge on any atom is -0.484 e. The summed E-state index contributed by atoms with van der Waals surface area (Å²) in [7, 11) is 0. The molecule has 1 aliphatic rings. The van der Waals surface area contributed by atoms with E-state index in [4.69, 9.17) is 4.74 Å². The van der Waals surface area contributed by atoms with Crippen molar-refractivity contribution in [1.29, 1.82) is 0 Å². The van der Waals surface area contributed by atoms with E-state index in [0.29, 0.717) is 30.3 Å². The van der Waals surface area contributed by atoms with Crippen molar-refractivity contribution in [2.45, 2.75) is 26.2 Å². The van der Waals surface area contributed by atoms with E-state index < -0.39 is 4.92 Å². The Morgan fingerprint density at radius 2 is 2.08 bits per heavy atom. The van der Waals surface area contributed by atoms with Crippen LogP contribution in [-0.2, 0) is 11.2 Å². The van der Waals surface area contributed by atoms with E-state index in [1.807, 2.05) is 24.3 Å². The fourth-order valence-electron chi connectivity index (χ4n) is 2.93. The van der Waals surface area contributed by atoms with Gasteiger partial charge in [-0.05, 0) is 35.6 Å². The summed E-state index contributed by atoms with van der Waals surface area (Å²) in [6, 6.07) is 12.3. The first kappa shape index (κ1) is 17.0. The molecular formula is C19H20N2O4. The predicted octanol–water partition coefficient (Wildman–Crippen LogP) is 3.69. The van der Waals surface area contributed by atoms with Gasteiger partial charge in [0.05, 0.1) is 10.6 Å². The molecule has 0 bridgehead atoms. The second-order valence-electron chi connectivity index (χ2n) is 6.38. The SMILES string of the molecule is CC(C)c1cccc(OCC(=O)N2CCc3ccc([N+](=O)[O-])cc32)c1. The first-order chi connectivity index (χ1) is 12.0. The van der Waals surface area contributed by atoms with Gasteiger partial charge in [0.1, 0.15) is 5.75 Å². The molecule has 6 nitrogen and oxygen atoms in total. The fraction of sp³-hybridized carbons (Fsp3) is 0.316. The molecule has 1 heterocycles. The van der Waals surface area contributed by atoms with Crippen LogP contribution in [0.2, 0.25) is 0 Å². The third kappa shape index (κ3) is 3.63. The number of fused-ring (bicyclic) bond motifs is 1. The standard InChI is InChI=1S/C19H20N2O4/c1-13(2)15-4-3-5-17(10-15)25-12-19(22)20-9-8-14-6-7-16(21(23)24)11-18(14)20/h3-7,10-11,13H,8-9,12H2,1-2H3. The van der Waals surface area contributed by atoms with Gasteiger partial charge in [0.2, 0.25) is 0 Å². The highest BCUT2D eigenvalue weighted by Crippen LogP contribution is 2.31. The highest BCUT2D eigenvalue weighted by molar-refractivity contribution is 5.96. The number of nitrogens with zero attached hydrogens (tertiary/aromatic N) is 2. The van der Waals surface area contributed by atoms with Crippen LogP contribution in [0.1, 0.15) is 30.9 Å². The number of hydrogen-bond donors (Lipinski definition) is 0. The van der Waals surface area contributed by atoms with Crippen molar-refractivity contribution in [2.24, 2.45) is 0 Å². The lowest BCUT2D eigenvalue weighted by molar-refractivity contribution is -0.384. The number of nitro groups is 1. The number of carbonyl (C=O) groups is 1. The Kier molecular flexibility index (Phi) is 4.70. The number of amides is 1. The van der Waals surface area contributed by atoms with Gasteiger partial charge in [-0.2, -0.15) is 0 Å². The Hall–Kier alpha value is -2.89. The van der Waals surface area contributed by atoms with Crippen molar-refractivity contribution in [1.82, 2.24) is 0 Å². The van der Waals surface area contributed by atoms with Crippen LogP contribution >= 0.6 is 0 Å². The molecule has 0 aromatic heterocycles. The molecule has 0 saturated heterocycles. The Morgan fingerprint density at radius 1 is 1.28 bits per heavy atom.